The van der Waals surface area contributed by atoms with Crippen LogP contribution in [0.2, 0.25) is 0 Å². The third-order valence-corrected chi connectivity index (χ3v) is 3.20. The van der Waals surface area contributed by atoms with E-state index >= 15 is 0 Å². The molecule has 0 radical (unpaired) electrons. The summed E-state index contributed by atoms with van der Waals surface area (Å²) in [6, 6.07) is 8.76. The van der Waals surface area contributed by atoms with E-state index in [1.54, 1.807) is 4.90 Å². The molecule has 1 N–H and O–H groups in total. The number of carbonyl (C=O) groups is 1. The fraction of sp³-hybridized carbons (Fsp3) is 0.533. The summed E-state index contributed by atoms with van der Waals surface area (Å²) in [5.41, 5.74) is 2.56. The van der Waals surface area contributed by atoms with Crippen LogP contribution >= 0.6 is 0 Å². The lowest BCUT2D eigenvalue weighted by Gasteiger charge is -2.21. The van der Waals surface area contributed by atoms with Crippen LogP contribution in [0.3, 0.4) is 0 Å². The van der Waals surface area contributed by atoms with Gasteiger partial charge < -0.3 is 10.2 Å². The monoisotopic (exact) mass is 248 g/mol. The number of likely N-dealkylation sites (N-methyl/N-ethyl adjacent to an activating group) is 1. The smallest absolute Gasteiger partial charge is 0.236 e. The lowest BCUT2D eigenvalue weighted by Crippen LogP contribution is -2.39. The summed E-state index contributed by atoms with van der Waals surface area (Å²) in [4.78, 5) is 13.5. The highest BCUT2D eigenvalue weighted by Crippen LogP contribution is 2.04. The lowest BCUT2D eigenvalue weighted by atomic mass is 10.1. The molecule has 1 rings (SSSR count). The molecule has 0 saturated carbocycles. The SMILES string of the molecule is CCc1ccc(CNCC(=O)N(C)C(C)C)cc1. The highest BCUT2D eigenvalue weighted by atomic mass is 16.2. The standard InChI is InChI=1S/C15H24N2O/c1-5-13-6-8-14(9-7-13)10-16-11-15(18)17(4)12(2)3/h6-9,12,16H,5,10-11H2,1-4H3. The van der Waals surface area contributed by atoms with E-state index in [1.165, 1.54) is 11.1 Å². The normalized spacial score (nSPS) is 10.7. The van der Waals surface area contributed by atoms with Crippen molar-refractivity contribution >= 4 is 5.91 Å². The molecule has 0 spiro atoms. The van der Waals surface area contributed by atoms with Gasteiger partial charge in [-0.15, -0.1) is 0 Å². The quantitative estimate of drug-likeness (QED) is 0.837. The van der Waals surface area contributed by atoms with Crippen molar-refractivity contribution < 1.29 is 4.79 Å². The molecule has 0 fully saturated rings. The van der Waals surface area contributed by atoms with Crippen molar-refractivity contribution in [3.05, 3.63) is 35.4 Å². The topological polar surface area (TPSA) is 32.3 Å². The zero-order chi connectivity index (χ0) is 13.5. The Morgan fingerprint density at radius 3 is 2.28 bits per heavy atom. The average Bonchev–Trinajstić information content (AvgIpc) is 2.38. The Morgan fingerprint density at radius 1 is 1.22 bits per heavy atom. The van der Waals surface area contributed by atoms with Crippen LogP contribution in [-0.2, 0) is 17.8 Å². The molecule has 1 amide bonds. The first kappa shape index (κ1) is 14.7. The number of amides is 1. The van der Waals surface area contributed by atoms with Crippen molar-refractivity contribution in [3.63, 3.8) is 0 Å². The summed E-state index contributed by atoms with van der Waals surface area (Å²) >= 11 is 0. The maximum Gasteiger partial charge on any atom is 0.236 e. The molecule has 1 aromatic rings. The Balaban J connectivity index is 2.35. The number of rotatable bonds is 6. The van der Waals surface area contributed by atoms with E-state index in [0.717, 1.165) is 13.0 Å². The first-order chi connectivity index (χ1) is 8.54. The highest BCUT2D eigenvalue weighted by molar-refractivity contribution is 5.78. The summed E-state index contributed by atoms with van der Waals surface area (Å²) in [6.45, 7) is 7.31. The van der Waals surface area contributed by atoms with Gasteiger partial charge in [-0.3, -0.25) is 4.79 Å². The molecule has 0 saturated heterocycles. The molecule has 0 aromatic heterocycles. The van der Waals surface area contributed by atoms with Gasteiger partial charge in [0.1, 0.15) is 0 Å². The first-order valence-electron chi connectivity index (χ1n) is 6.58. The maximum absolute atomic E-state index is 11.7. The Labute approximate surface area is 110 Å². The molecule has 100 valence electrons. The Bertz CT molecular complexity index is 371. The van der Waals surface area contributed by atoms with Crippen molar-refractivity contribution in [1.82, 2.24) is 10.2 Å². The molecular formula is C15H24N2O. The van der Waals surface area contributed by atoms with Gasteiger partial charge in [-0.05, 0) is 31.4 Å². The fourth-order valence-electron chi connectivity index (χ4n) is 1.62. The average molecular weight is 248 g/mol. The summed E-state index contributed by atoms with van der Waals surface area (Å²) in [5.74, 6) is 0.134. The van der Waals surface area contributed by atoms with Crippen LogP contribution in [0.4, 0.5) is 0 Å². The molecular weight excluding hydrogens is 224 g/mol. The summed E-state index contributed by atoms with van der Waals surface area (Å²) in [6.07, 6.45) is 1.06. The highest BCUT2D eigenvalue weighted by Gasteiger charge is 2.10. The van der Waals surface area contributed by atoms with Gasteiger partial charge in [-0.1, -0.05) is 31.2 Å². The molecule has 0 unspecified atom stereocenters. The Morgan fingerprint density at radius 2 is 1.78 bits per heavy atom. The van der Waals surface area contributed by atoms with Gasteiger partial charge in [0.05, 0.1) is 6.54 Å². The van der Waals surface area contributed by atoms with Crippen LogP contribution in [-0.4, -0.2) is 30.4 Å². The summed E-state index contributed by atoms with van der Waals surface area (Å²) < 4.78 is 0. The second kappa shape index (κ2) is 7.17. The Kier molecular flexibility index (Phi) is 5.86. The molecule has 0 aliphatic heterocycles. The minimum atomic E-state index is 0.134. The third-order valence-electron chi connectivity index (χ3n) is 3.20. The zero-order valence-electron chi connectivity index (χ0n) is 11.9. The van der Waals surface area contributed by atoms with E-state index in [2.05, 4.69) is 36.5 Å². The fourth-order valence-corrected chi connectivity index (χ4v) is 1.62. The zero-order valence-corrected chi connectivity index (χ0v) is 11.9. The van der Waals surface area contributed by atoms with Crippen LogP contribution < -0.4 is 5.32 Å². The van der Waals surface area contributed by atoms with Crippen LogP contribution in [0.1, 0.15) is 31.9 Å². The van der Waals surface area contributed by atoms with Gasteiger partial charge in [-0.25, -0.2) is 0 Å². The number of nitrogens with one attached hydrogen (secondary N) is 1. The molecule has 0 aliphatic carbocycles. The van der Waals surface area contributed by atoms with Crippen molar-refractivity contribution in [2.24, 2.45) is 0 Å². The van der Waals surface area contributed by atoms with Gasteiger partial charge in [0.15, 0.2) is 0 Å². The number of benzene rings is 1. The second-order valence-corrected chi connectivity index (χ2v) is 4.87. The van der Waals surface area contributed by atoms with Gasteiger partial charge in [-0.2, -0.15) is 0 Å². The number of aryl methyl sites for hydroxylation is 1. The molecule has 1 aromatic carbocycles. The number of carbonyl (C=O) groups excluding carboxylic acids is 1. The van der Waals surface area contributed by atoms with Crippen LogP contribution in [0.25, 0.3) is 0 Å². The summed E-state index contributed by atoms with van der Waals surface area (Å²) in [7, 11) is 1.84. The van der Waals surface area contributed by atoms with E-state index in [-0.39, 0.29) is 11.9 Å². The first-order valence-corrected chi connectivity index (χ1v) is 6.58. The third kappa shape index (κ3) is 4.49. The van der Waals surface area contributed by atoms with Crippen LogP contribution in [0, 0.1) is 0 Å². The van der Waals surface area contributed by atoms with Gasteiger partial charge in [0.2, 0.25) is 5.91 Å². The van der Waals surface area contributed by atoms with E-state index in [9.17, 15) is 4.79 Å². The second-order valence-electron chi connectivity index (χ2n) is 4.87. The van der Waals surface area contributed by atoms with Crippen LogP contribution in [0.5, 0.6) is 0 Å². The van der Waals surface area contributed by atoms with Crippen molar-refractivity contribution in [2.45, 2.75) is 39.8 Å². The molecule has 0 atom stereocenters. The van der Waals surface area contributed by atoms with E-state index in [0.29, 0.717) is 6.54 Å². The number of hydrogen-bond donors (Lipinski definition) is 1. The number of nitrogens with zero attached hydrogens (tertiary/aromatic N) is 1. The molecule has 3 heteroatoms. The van der Waals surface area contributed by atoms with Gasteiger partial charge >= 0.3 is 0 Å². The molecule has 0 aliphatic rings. The molecule has 0 heterocycles. The minimum Gasteiger partial charge on any atom is -0.342 e. The molecule has 0 bridgehead atoms. The van der Waals surface area contributed by atoms with E-state index in [4.69, 9.17) is 0 Å². The minimum absolute atomic E-state index is 0.134. The lowest BCUT2D eigenvalue weighted by molar-refractivity contribution is -0.130. The van der Waals surface area contributed by atoms with Crippen molar-refractivity contribution in [3.8, 4) is 0 Å². The van der Waals surface area contributed by atoms with Gasteiger partial charge in [0, 0.05) is 19.6 Å². The Hall–Kier alpha value is -1.35. The predicted molar refractivity (Wildman–Crippen MR) is 75.4 cm³/mol. The summed E-state index contributed by atoms with van der Waals surface area (Å²) in [5, 5.41) is 3.18. The number of hydrogen-bond acceptors (Lipinski definition) is 2. The van der Waals surface area contributed by atoms with Crippen molar-refractivity contribution in [1.29, 1.82) is 0 Å². The maximum atomic E-state index is 11.7. The molecule has 18 heavy (non-hydrogen) atoms. The molecule has 3 nitrogen and oxygen atoms in total. The predicted octanol–water partition coefficient (Wildman–Crippen LogP) is 2.21. The van der Waals surface area contributed by atoms with Crippen molar-refractivity contribution in [2.75, 3.05) is 13.6 Å². The van der Waals surface area contributed by atoms with Gasteiger partial charge in [0.25, 0.3) is 0 Å². The largest absolute Gasteiger partial charge is 0.342 e. The van der Waals surface area contributed by atoms with E-state index in [1.807, 2.05) is 20.9 Å². The van der Waals surface area contributed by atoms with E-state index < -0.39 is 0 Å². The van der Waals surface area contributed by atoms with Crippen LogP contribution in [0.15, 0.2) is 24.3 Å².